The fourth-order valence-corrected chi connectivity index (χ4v) is 2.77. The van der Waals surface area contributed by atoms with Crippen molar-refractivity contribution in [3.05, 3.63) is 72.6 Å². The molecular formula is C20H23FN4O2. The van der Waals surface area contributed by atoms with Gasteiger partial charge in [0.05, 0.1) is 5.69 Å². The predicted molar refractivity (Wildman–Crippen MR) is 100 cm³/mol. The number of rotatable bonds is 8. The lowest BCUT2D eigenvalue weighted by Crippen LogP contribution is -2.34. The van der Waals surface area contributed by atoms with Crippen LogP contribution < -0.4 is 4.74 Å². The number of likely N-dealkylation sites (N-methyl/N-ethyl adjacent to an activating group) is 1. The third-order valence-corrected chi connectivity index (χ3v) is 4.47. The molecule has 6 nitrogen and oxygen atoms in total. The zero-order valence-electron chi connectivity index (χ0n) is 15.4. The van der Waals surface area contributed by atoms with Crippen LogP contribution in [0.15, 0.2) is 61.2 Å². The van der Waals surface area contributed by atoms with E-state index in [-0.39, 0.29) is 18.5 Å². The number of aliphatic hydroxyl groups excluding tert-OH is 1. The second kappa shape index (κ2) is 8.75. The van der Waals surface area contributed by atoms with Gasteiger partial charge in [-0.05, 0) is 55.9 Å². The molecule has 2 aromatic carbocycles. The lowest BCUT2D eigenvalue weighted by molar-refractivity contribution is 0.0653. The van der Waals surface area contributed by atoms with E-state index in [0.29, 0.717) is 12.3 Å². The highest BCUT2D eigenvalue weighted by atomic mass is 19.1. The molecule has 0 fully saturated rings. The van der Waals surface area contributed by atoms with Gasteiger partial charge in [-0.25, -0.2) is 14.1 Å². The zero-order valence-corrected chi connectivity index (χ0v) is 15.4. The van der Waals surface area contributed by atoms with Gasteiger partial charge in [-0.3, -0.25) is 4.90 Å². The number of hydrogen-bond acceptors (Lipinski definition) is 5. The summed E-state index contributed by atoms with van der Waals surface area (Å²) < 4.78 is 20.1. The van der Waals surface area contributed by atoms with Crippen LogP contribution in [-0.4, -0.2) is 51.1 Å². The first-order valence-corrected chi connectivity index (χ1v) is 8.74. The molecule has 0 aliphatic rings. The lowest BCUT2D eigenvalue weighted by Gasteiger charge is -2.27. The maximum absolute atomic E-state index is 12.9. The van der Waals surface area contributed by atoms with Gasteiger partial charge in [0.15, 0.2) is 0 Å². The second-order valence-electron chi connectivity index (χ2n) is 6.47. The maximum Gasteiger partial charge on any atom is 0.138 e. The van der Waals surface area contributed by atoms with Gasteiger partial charge in [-0.15, -0.1) is 0 Å². The van der Waals surface area contributed by atoms with Crippen LogP contribution in [0.2, 0.25) is 0 Å². The fourth-order valence-electron chi connectivity index (χ4n) is 2.77. The van der Waals surface area contributed by atoms with Crippen molar-refractivity contribution in [3.8, 4) is 11.4 Å². The molecule has 0 aliphatic carbocycles. The molecule has 1 aromatic heterocycles. The summed E-state index contributed by atoms with van der Waals surface area (Å²) in [6.45, 7) is 2.68. The normalized spacial score (nSPS) is 13.5. The monoisotopic (exact) mass is 370 g/mol. The fraction of sp³-hybridized carbons (Fsp3) is 0.300. The molecule has 0 spiro atoms. The van der Waals surface area contributed by atoms with E-state index in [4.69, 9.17) is 4.74 Å². The molecule has 1 heterocycles. The Labute approximate surface area is 157 Å². The third-order valence-electron chi connectivity index (χ3n) is 4.47. The van der Waals surface area contributed by atoms with Crippen LogP contribution in [0.1, 0.15) is 18.5 Å². The van der Waals surface area contributed by atoms with E-state index in [0.717, 1.165) is 11.3 Å². The largest absolute Gasteiger partial charge is 0.491 e. The first kappa shape index (κ1) is 19.0. The lowest BCUT2D eigenvalue weighted by atomic mass is 10.1. The number of aliphatic hydroxyl groups is 1. The number of benzene rings is 2. The predicted octanol–water partition coefficient (Wildman–Crippen LogP) is 2.84. The standard InChI is InChI=1S/C20H23FN4O2/c1-15(16-3-7-18(8-4-16)25-14-22-13-23-25)24(2)11-19(26)12-27-20-9-5-17(21)6-10-20/h3-10,13-15,19,26H,11-12H2,1-2H3. The molecule has 1 N–H and O–H groups in total. The van der Waals surface area contributed by atoms with Gasteiger partial charge >= 0.3 is 0 Å². The van der Waals surface area contributed by atoms with Gasteiger partial charge in [-0.1, -0.05) is 12.1 Å². The molecule has 7 heteroatoms. The van der Waals surface area contributed by atoms with Gasteiger partial charge in [0, 0.05) is 12.6 Å². The van der Waals surface area contributed by atoms with E-state index in [1.54, 1.807) is 23.1 Å². The van der Waals surface area contributed by atoms with Crippen molar-refractivity contribution in [1.82, 2.24) is 19.7 Å². The molecule has 27 heavy (non-hydrogen) atoms. The quantitative estimate of drug-likeness (QED) is 0.661. The summed E-state index contributed by atoms with van der Waals surface area (Å²) in [6, 6.07) is 13.9. The Morgan fingerprint density at radius 3 is 2.48 bits per heavy atom. The van der Waals surface area contributed by atoms with E-state index in [1.165, 1.54) is 18.5 Å². The van der Waals surface area contributed by atoms with E-state index >= 15 is 0 Å². The highest BCUT2D eigenvalue weighted by Crippen LogP contribution is 2.20. The minimum atomic E-state index is -0.656. The first-order chi connectivity index (χ1) is 13.0. The van der Waals surface area contributed by atoms with Crippen molar-refractivity contribution in [1.29, 1.82) is 0 Å². The highest BCUT2D eigenvalue weighted by Gasteiger charge is 2.16. The van der Waals surface area contributed by atoms with Gasteiger partial charge in [0.25, 0.3) is 0 Å². The molecule has 0 aliphatic heterocycles. The zero-order chi connectivity index (χ0) is 19.2. The molecule has 2 atom stereocenters. The van der Waals surface area contributed by atoms with E-state index < -0.39 is 6.10 Å². The van der Waals surface area contributed by atoms with Crippen molar-refractivity contribution in [3.63, 3.8) is 0 Å². The Morgan fingerprint density at radius 2 is 1.85 bits per heavy atom. The van der Waals surface area contributed by atoms with Crippen LogP contribution >= 0.6 is 0 Å². The van der Waals surface area contributed by atoms with E-state index in [2.05, 4.69) is 21.9 Å². The van der Waals surface area contributed by atoms with Crippen LogP contribution in [0.4, 0.5) is 4.39 Å². The summed E-state index contributed by atoms with van der Waals surface area (Å²) in [5.74, 6) is 0.223. The average Bonchev–Trinajstić information content (AvgIpc) is 3.22. The number of aromatic nitrogens is 3. The van der Waals surface area contributed by atoms with Crippen molar-refractivity contribution in [2.24, 2.45) is 0 Å². The van der Waals surface area contributed by atoms with Gasteiger partial charge in [0.2, 0.25) is 0 Å². The SMILES string of the molecule is CC(c1ccc(-n2cncn2)cc1)N(C)CC(O)COc1ccc(F)cc1. The molecule has 0 amide bonds. The van der Waals surface area contributed by atoms with Crippen molar-refractivity contribution in [2.75, 3.05) is 20.2 Å². The van der Waals surface area contributed by atoms with Crippen LogP contribution in [0.25, 0.3) is 5.69 Å². The average molecular weight is 370 g/mol. The molecule has 3 rings (SSSR count). The Morgan fingerprint density at radius 1 is 1.15 bits per heavy atom. The van der Waals surface area contributed by atoms with Gasteiger partial charge < -0.3 is 9.84 Å². The van der Waals surface area contributed by atoms with Crippen LogP contribution in [0, 0.1) is 5.82 Å². The number of nitrogens with zero attached hydrogens (tertiary/aromatic N) is 4. The molecule has 0 bridgehead atoms. The van der Waals surface area contributed by atoms with Gasteiger partial charge in [0.1, 0.15) is 36.9 Å². The number of ether oxygens (including phenoxy) is 1. The summed E-state index contributed by atoms with van der Waals surface area (Å²) in [4.78, 5) is 6.00. The topological polar surface area (TPSA) is 63.4 Å². The van der Waals surface area contributed by atoms with Crippen LogP contribution in [-0.2, 0) is 0 Å². The van der Waals surface area contributed by atoms with Crippen molar-refractivity contribution >= 4 is 0 Å². The second-order valence-corrected chi connectivity index (χ2v) is 6.47. The Hall–Kier alpha value is -2.77. The third kappa shape index (κ3) is 5.12. The van der Waals surface area contributed by atoms with Crippen molar-refractivity contribution in [2.45, 2.75) is 19.1 Å². The number of hydrogen-bond donors (Lipinski definition) is 1. The summed E-state index contributed by atoms with van der Waals surface area (Å²) in [5.41, 5.74) is 2.08. The molecular weight excluding hydrogens is 347 g/mol. The first-order valence-electron chi connectivity index (χ1n) is 8.74. The van der Waals surface area contributed by atoms with Crippen molar-refractivity contribution < 1.29 is 14.2 Å². The molecule has 0 saturated heterocycles. The highest BCUT2D eigenvalue weighted by molar-refractivity contribution is 5.34. The molecule has 0 saturated carbocycles. The van der Waals surface area contributed by atoms with E-state index in [9.17, 15) is 9.50 Å². The molecule has 3 aromatic rings. The Balaban J connectivity index is 1.51. The number of halogens is 1. The Bertz CT molecular complexity index is 822. The summed E-state index contributed by atoms with van der Waals surface area (Å²) in [7, 11) is 1.96. The van der Waals surface area contributed by atoms with Crippen LogP contribution in [0.3, 0.4) is 0 Å². The minimum Gasteiger partial charge on any atom is -0.491 e. The smallest absolute Gasteiger partial charge is 0.138 e. The minimum absolute atomic E-state index is 0.121. The molecule has 0 radical (unpaired) electrons. The molecule has 2 unspecified atom stereocenters. The summed E-state index contributed by atoms with van der Waals surface area (Å²) >= 11 is 0. The Kier molecular flexibility index (Phi) is 6.16. The summed E-state index contributed by atoms with van der Waals surface area (Å²) in [6.07, 6.45) is 2.50. The van der Waals surface area contributed by atoms with Crippen LogP contribution in [0.5, 0.6) is 5.75 Å². The molecule has 142 valence electrons. The maximum atomic E-state index is 12.9. The van der Waals surface area contributed by atoms with Gasteiger partial charge in [-0.2, -0.15) is 5.10 Å². The summed E-state index contributed by atoms with van der Waals surface area (Å²) in [5, 5.41) is 14.4. The van der Waals surface area contributed by atoms with E-state index in [1.807, 2.05) is 31.3 Å².